The van der Waals surface area contributed by atoms with Crippen molar-refractivity contribution in [2.45, 2.75) is 38.6 Å². The lowest BCUT2D eigenvalue weighted by molar-refractivity contribution is -0.580. The van der Waals surface area contributed by atoms with Gasteiger partial charge in [0.05, 0.1) is 18.2 Å². The average Bonchev–Trinajstić information content (AvgIpc) is 2.82. The first kappa shape index (κ1) is 15.6. The third kappa shape index (κ3) is 3.64. The monoisotopic (exact) mass is 311 g/mol. The molecule has 0 N–H and O–H groups in total. The summed E-state index contributed by atoms with van der Waals surface area (Å²) in [6.07, 6.45) is 4.49. The fourth-order valence-corrected chi connectivity index (χ4v) is 2.29. The number of carbonyl (C=O) groups is 1. The van der Waals surface area contributed by atoms with Crippen LogP contribution in [0.3, 0.4) is 0 Å². The lowest BCUT2D eigenvalue weighted by atomic mass is 10.2. The van der Waals surface area contributed by atoms with Crippen LogP contribution in [-0.2, 0) is 11.3 Å². The molecule has 2 aromatic rings. The van der Waals surface area contributed by atoms with Gasteiger partial charge < -0.3 is 9.94 Å². The van der Waals surface area contributed by atoms with Crippen molar-refractivity contribution in [2.75, 3.05) is 6.61 Å². The van der Waals surface area contributed by atoms with Crippen molar-refractivity contribution in [3.8, 4) is 0 Å². The first-order valence-electron chi connectivity index (χ1n) is 6.92. The maximum absolute atomic E-state index is 12.1. The lowest BCUT2D eigenvalue weighted by Gasteiger charge is -2.08. The molecule has 114 valence electrons. The van der Waals surface area contributed by atoms with Crippen molar-refractivity contribution >= 4 is 28.6 Å². The van der Waals surface area contributed by atoms with Crippen molar-refractivity contribution in [3.05, 3.63) is 29.2 Å². The van der Waals surface area contributed by atoms with Crippen LogP contribution in [0.4, 0.5) is 0 Å². The third-order valence-electron chi connectivity index (χ3n) is 3.10. The highest BCUT2D eigenvalue weighted by Crippen LogP contribution is 2.14. The quantitative estimate of drug-likeness (QED) is 0.355. The Balaban J connectivity index is 2.25. The van der Waals surface area contributed by atoms with Crippen LogP contribution < -0.4 is 4.73 Å². The van der Waals surface area contributed by atoms with Crippen LogP contribution in [0.5, 0.6) is 0 Å². The van der Waals surface area contributed by atoms with Gasteiger partial charge in [-0.1, -0.05) is 5.10 Å². The first-order valence-corrected chi connectivity index (χ1v) is 7.36. The summed E-state index contributed by atoms with van der Waals surface area (Å²) >= 11 is 5.90. The number of hydrogen-bond donors (Lipinski definition) is 0. The molecule has 1 unspecified atom stereocenters. The fraction of sp³-hybridized carbons (Fsp3) is 0.500. The van der Waals surface area contributed by atoms with E-state index >= 15 is 0 Å². The molecule has 0 aliphatic carbocycles. The van der Waals surface area contributed by atoms with Crippen molar-refractivity contribution in [3.63, 3.8) is 0 Å². The molecule has 2 rings (SSSR count). The Morgan fingerprint density at radius 3 is 3.05 bits per heavy atom. The van der Waals surface area contributed by atoms with E-state index in [9.17, 15) is 10.0 Å². The van der Waals surface area contributed by atoms with Crippen LogP contribution in [0.25, 0.3) is 11.0 Å². The molecular formula is C14H18ClN3O3. The van der Waals surface area contributed by atoms with Crippen LogP contribution in [0.1, 0.15) is 37.0 Å². The number of ether oxygens (including phenoxy) is 1. The topological polar surface area (TPSA) is 71.1 Å². The Hall–Kier alpha value is -1.82. The summed E-state index contributed by atoms with van der Waals surface area (Å²) in [7, 11) is 0. The molecular weight excluding hydrogens is 294 g/mol. The van der Waals surface area contributed by atoms with Gasteiger partial charge >= 0.3 is 11.6 Å². The molecule has 0 spiro atoms. The number of rotatable bonds is 6. The summed E-state index contributed by atoms with van der Waals surface area (Å²) in [6, 6.07) is 1.62. The number of aromatic nitrogens is 3. The Morgan fingerprint density at radius 1 is 1.62 bits per heavy atom. The van der Waals surface area contributed by atoms with Crippen molar-refractivity contribution in [1.82, 2.24) is 9.78 Å². The Kier molecular flexibility index (Phi) is 5.01. The van der Waals surface area contributed by atoms with Crippen LogP contribution in [0.2, 0.25) is 0 Å². The second kappa shape index (κ2) is 6.76. The second-order valence-corrected chi connectivity index (χ2v) is 5.59. The van der Waals surface area contributed by atoms with Gasteiger partial charge in [-0.2, -0.15) is 0 Å². The van der Waals surface area contributed by atoms with Gasteiger partial charge in [0, 0.05) is 5.38 Å². The highest BCUT2D eigenvalue weighted by molar-refractivity contribution is 6.20. The van der Waals surface area contributed by atoms with E-state index in [0.717, 1.165) is 12.8 Å². The van der Waals surface area contributed by atoms with E-state index in [2.05, 4.69) is 5.10 Å². The predicted molar refractivity (Wildman–Crippen MR) is 79.2 cm³/mol. The van der Waals surface area contributed by atoms with Gasteiger partial charge in [0.15, 0.2) is 0 Å². The van der Waals surface area contributed by atoms with Gasteiger partial charge in [0.1, 0.15) is 18.3 Å². The number of carbonyl (C=O) groups excluding carboxylic acids is 1. The minimum Gasteiger partial charge on any atom is -0.711 e. The standard InChI is InChI=1S/C14H18ClN3O3/c1-3-21-14(19)12-7-11-8-16-17(6-4-5-10(2)15)13(11)18(20)9-12/h7-10H,3-6H2,1-2H3. The molecule has 0 saturated carbocycles. The molecule has 0 aliphatic heterocycles. The average molecular weight is 312 g/mol. The first-order chi connectivity index (χ1) is 10.0. The van der Waals surface area contributed by atoms with Crippen LogP contribution in [0, 0.1) is 5.21 Å². The number of alkyl halides is 1. The zero-order valence-electron chi connectivity index (χ0n) is 12.1. The molecule has 0 saturated heterocycles. The molecule has 2 heterocycles. The molecule has 1 atom stereocenters. The lowest BCUT2D eigenvalue weighted by Crippen LogP contribution is -2.31. The fourth-order valence-electron chi connectivity index (χ4n) is 2.14. The zero-order chi connectivity index (χ0) is 15.4. The van der Waals surface area contributed by atoms with E-state index < -0.39 is 5.97 Å². The number of fused-ring (bicyclic) bond motifs is 1. The van der Waals surface area contributed by atoms with E-state index in [4.69, 9.17) is 16.3 Å². The molecule has 2 aromatic heterocycles. The van der Waals surface area contributed by atoms with Crippen LogP contribution >= 0.6 is 11.6 Å². The van der Waals surface area contributed by atoms with E-state index in [1.165, 1.54) is 6.20 Å². The molecule has 6 nitrogen and oxygen atoms in total. The maximum atomic E-state index is 12.1. The zero-order valence-corrected chi connectivity index (χ0v) is 12.8. The summed E-state index contributed by atoms with van der Waals surface area (Å²) in [5.41, 5.74) is 0.665. The molecule has 21 heavy (non-hydrogen) atoms. The molecule has 0 aromatic carbocycles. The summed E-state index contributed by atoms with van der Waals surface area (Å²) < 4.78 is 7.20. The van der Waals surface area contributed by atoms with Gasteiger partial charge in [-0.25, -0.2) is 9.52 Å². The molecule has 0 radical (unpaired) electrons. The predicted octanol–water partition coefficient (Wildman–Crippen LogP) is 2.25. The van der Waals surface area contributed by atoms with Crippen molar-refractivity contribution < 1.29 is 14.3 Å². The minimum atomic E-state index is -0.507. The molecule has 0 aliphatic rings. The van der Waals surface area contributed by atoms with E-state index in [0.29, 0.717) is 22.3 Å². The Bertz CT molecular complexity index is 640. The number of nitrogens with zero attached hydrogens (tertiary/aromatic N) is 3. The van der Waals surface area contributed by atoms with Gasteiger partial charge in [0.2, 0.25) is 0 Å². The van der Waals surface area contributed by atoms with E-state index in [1.807, 2.05) is 6.92 Å². The number of esters is 1. The third-order valence-corrected chi connectivity index (χ3v) is 3.32. The van der Waals surface area contributed by atoms with Crippen molar-refractivity contribution in [1.29, 1.82) is 0 Å². The second-order valence-electron chi connectivity index (χ2n) is 4.84. The van der Waals surface area contributed by atoms with Crippen LogP contribution in [0.15, 0.2) is 18.5 Å². The van der Waals surface area contributed by atoms with Gasteiger partial charge in [-0.05, 0) is 32.8 Å². The maximum Gasteiger partial charge on any atom is 0.341 e. The summed E-state index contributed by atoms with van der Waals surface area (Å²) in [4.78, 5) is 11.7. The highest BCUT2D eigenvalue weighted by Gasteiger charge is 2.17. The Morgan fingerprint density at radius 2 is 2.38 bits per heavy atom. The minimum absolute atomic E-state index is 0.0987. The normalized spacial score (nSPS) is 12.5. The summed E-state index contributed by atoms with van der Waals surface area (Å²) in [5.74, 6) is -0.507. The number of halogens is 1. The van der Waals surface area contributed by atoms with Gasteiger partial charge in [0.25, 0.3) is 0 Å². The van der Waals surface area contributed by atoms with E-state index in [1.54, 1.807) is 23.9 Å². The number of pyridine rings is 1. The molecule has 0 fully saturated rings. The SMILES string of the molecule is CCOC(=O)c1cc2cnn(CCCC(C)Cl)c2[n+]([O-])c1. The summed E-state index contributed by atoms with van der Waals surface area (Å²) in [6.45, 7) is 4.53. The largest absolute Gasteiger partial charge is 0.711 e. The highest BCUT2D eigenvalue weighted by atomic mass is 35.5. The molecule has 0 amide bonds. The summed E-state index contributed by atoms with van der Waals surface area (Å²) in [5, 5.41) is 17.0. The molecule has 7 heteroatoms. The molecule has 0 bridgehead atoms. The van der Waals surface area contributed by atoms with Gasteiger partial charge in [-0.15, -0.1) is 16.3 Å². The van der Waals surface area contributed by atoms with Crippen molar-refractivity contribution in [2.24, 2.45) is 0 Å². The number of aryl methyl sites for hydroxylation is 1. The smallest absolute Gasteiger partial charge is 0.341 e. The number of hydrogen-bond acceptors (Lipinski definition) is 4. The van der Waals surface area contributed by atoms with E-state index in [-0.39, 0.29) is 17.5 Å². The van der Waals surface area contributed by atoms with Gasteiger partial charge in [-0.3, -0.25) is 0 Å². The Labute approximate surface area is 127 Å². The van der Waals surface area contributed by atoms with Crippen LogP contribution in [-0.4, -0.2) is 27.7 Å².